The summed E-state index contributed by atoms with van der Waals surface area (Å²) >= 11 is 0. The Morgan fingerprint density at radius 3 is 2.23 bits per heavy atom. The van der Waals surface area contributed by atoms with Gasteiger partial charge in [-0.25, -0.2) is 8.42 Å². The first-order valence-electron chi connectivity index (χ1n) is 3.88. The highest BCUT2D eigenvalue weighted by Gasteiger charge is 2.11. The molecule has 66 valence electrons. The zero-order chi connectivity index (χ0) is 9.31. The lowest BCUT2D eigenvalue weighted by Gasteiger charge is -1.95. The van der Waals surface area contributed by atoms with E-state index in [1.54, 1.807) is 6.08 Å². The van der Waals surface area contributed by atoms with Gasteiger partial charge in [0, 0.05) is 10.8 Å². The van der Waals surface area contributed by atoms with E-state index in [-0.39, 0.29) is 0 Å². The fourth-order valence-electron chi connectivity index (χ4n) is 1.22. The number of hydrogen-bond acceptors (Lipinski definition) is 2. The predicted octanol–water partition coefficient (Wildman–Crippen LogP) is 1.97. The van der Waals surface area contributed by atoms with Crippen molar-refractivity contribution < 1.29 is 8.42 Å². The maximum atomic E-state index is 11.1. The lowest BCUT2D eigenvalue weighted by atomic mass is 10.1. The van der Waals surface area contributed by atoms with Crippen LogP contribution in [0.1, 0.15) is 5.56 Å². The maximum Gasteiger partial charge on any atom is 0.193 e. The molecule has 13 heavy (non-hydrogen) atoms. The summed E-state index contributed by atoms with van der Waals surface area (Å²) in [4.78, 5) is 0. The monoisotopic (exact) mass is 192 g/mol. The third-order valence-corrected chi connectivity index (χ3v) is 2.93. The van der Waals surface area contributed by atoms with Crippen molar-refractivity contribution in [3.8, 4) is 0 Å². The van der Waals surface area contributed by atoms with E-state index < -0.39 is 9.84 Å². The number of allylic oxidation sites excluding steroid dienone is 2. The second-order valence-corrected chi connectivity index (χ2v) is 4.52. The molecule has 0 unspecified atom stereocenters. The summed E-state index contributed by atoms with van der Waals surface area (Å²) in [6.45, 7) is 0. The molecule has 0 fully saturated rings. The first kappa shape index (κ1) is 8.26. The molecule has 0 saturated carbocycles. The van der Waals surface area contributed by atoms with E-state index >= 15 is 0 Å². The Balaban J connectivity index is 2.48. The molecule has 2 rings (SSSR count). The van der Waals surface area contributed by atoms with Crippen molar-refractivity contribution in [1.82, 2.24) is 0 Å². The maximum absolute atomic E-state index is 11.1. The Morgan fingerprint density at radius 2 is 1.69 bits per heavy atom. The van der Waals surface area contributed by atoms with Gasteiger partial charge in [0.15, 0.2) is 9.84 Å². The summed E-state index contributed by atoms with van der Waals surface area (Å²) in [5, 5.41) is 2.50. The van der Waals surface area contributed by atoms with Crippen LogP contribution >= 0.6 is 0 Å². The third-order valence-electron chi connectivity index (χ3n) is 1.84. The first-order valence-corrected chi connectivity index (χ1v) is 5.49. The molecule has 0 N–H and O–H groups in total. The standard InChI is InChI=1S/C10H8O2S/c11-13(12)7-6-10(8-13)9-4-2-1-3-5-9/h1-8H. The number of benzene rings is 1. The van der Waals surface area contributed by atoms with Crippen molar-refractivity contribution in [2.45, 2.75) is 0 Å². The molecule has 1 heterocycles. The van der Waals surface area contributed by atoms with Crippen molar-refractivity contribution in [2.24, 2.45) is 0 Å². The topological polar surface area (TPSA) is 34.1 Å². The first-order chi connectivity index (χ1) is 6.17. The fourth-order valence-corrected chi connectivity index (χ4v) is 2.20. The van der Waals surface area contributed by atoms with Crippen molar-refractivity contribution in [3.63, 3.8) is 0 Å². The Labute approximate surface area is 77.1 Å². The van der Waals surface area contributed by atoms with Gasteiger partial charge in [-0.1, -0.05) is 30.3 Å². The zero-order valence-corrected chi connectivity index (χ0v) is 7.66. The van der Waals surface area contributed by atoms with Gasteiger partial charge in [0.25, 0.3) is 0 Å². The van der Waals surface area contributed by atoms with E-state index in [1.807, 2.05) is 30.3 Å². The van der Waals surface area contributed by atoms with E-state index in [2.05, 4.69) is 0 Å². The minimum Gasteiger partial charge on any atom is -0.220 e. The van der Waals surface area contributed by atoms with Crippen LogP contribution in [-0.2, 0) is 9.84 Å². The molecular formula is C10H8O2S. The molecule has 1 aromatic rings. The molecule has 0 aromatic heterocycles. The highest BCUT2D eigenvalue weighted by atomic mass is 32.2. The zero-order valence-electron chi connectivity index (χ0n) is 6.84. The number of sulfone groups is 1. The lowest BCUT2D eigenvalue weighted by molar-refractivity contribution is 0.613. The lowest BCUT2D eigenvalue weighted by Crippen LogP contribution is -1.83. The van der Waals surface area contributed by atoms with Crippen LogP contribution in [0.5, 0.6) is 0 Å². The second-order valence-electron chi connectivity index (χ2n) is 2.83. The van der Waals surface area contributed by atoms with Gasteiger partial charge in [-0.15, -0.1) is 0 Å². The molecule has 1 aliphatic rings. The van der Waals surface area contributed by atoms with Gasteiger partial charge in [-0.2, -0.15) is 0 Å². The van der Waals surface area contributed by atoms with E-state index in [0.717, 1.165) is 11.1 Å². The van der Waals surface area contributed by atoms with E-state index in [4.69, 9.17) is 0 Å². The van der Waals surface area contributed by atoms with Gasteiger partial charge in [0.05, 0.1) is 0 Å². The van der Waals surface area contributed by atoms with Gasteiger partial charge < -0.3 is 0 Å². The molecule has 2 nitrogen and oxygen atoms in total. The Hall–Kier alpha value is -1.35. The predicted molar refractivity (Wildman–Crippen MR) is 52.5 cm³/mol. The van der Waals surface area contributed by atoms with Crippen LogP contribution in [0.4, 0.5) is 0 Å². The second kappa shape index (κ2) is 2.85. The Kier molecular flexibility index (Phi) is 1.81. The molecule has 0 saturated heterocycles. The SMILES string of the molecule is O=S1(=O)C=CC(c2ccccc2)=C1. The average molecular weight is 192 g/mol. The van der Waals surface area contributed by atoms with Gasteiger partial charge in [0.2, 0.25) is 0 Å². The van der Waals surface area contributed by atoms with Crippen LogP contribution in [0, 0.1) is 0 Å². The average Bonchev–Trinajstić information content (AvgIpc) is 2.48. The summed E-state index contributed by atoms with van der Waals surface area (Å²) in [6, 6.07) is 9.44. The van der Waals surface area contributed by atoms with Crippen molar-refractivity contribution in [3.05, 3.63) is 52.8 Å². The quantitative estimate of drug-likeness (QED) is 0.681. The van der Waals surface area contributed by atoms with E-state index in [9.17, 15) is 8.42 Å². The molecule has 0 aliphatic carbocycles. The number of rotatable bonds is 1. The molecule has 1 aliphatic heterocycles. The normalized spacial score (nSPS) is 18.6. The third kappa shape index (κ3) is 1.70. The smallest absolute Gasteiger partial charge is 0.193 e. The molecule has 0 spiro atoms. The minimum atomic E-state index is -3.09. The van der Waals surface area contributed by atoms with Crippen LogP contribution in [-0.4, -0.2) is 8.42 Å². The molecule has 1 aromatic carbocycles. The van der Waals surface area contributed by atoms with Crippen LogP contribution in [0.3, 0.4) is 0 Å². The summed E-state index contributed by atoms with van der Waals surface area (Å²) in [5.41, 5.74) is 1.68. The highest BCUT2D eigenvalue weighted by molar-refractivity contribution is 7.97. The van der Waals surface area contributed by atoms with E-state index in [1.165, 1.54) is 10.8 Å². The molecule has 0 atom stereocenters. The van der Waals surface area contributed by atoms with Crippen molar-refractivity contribution in [2.75, 3.05) is 0 Å². The van der Waals surface area contributed by atoms with Gasteiger partial charge >= 0.3 is 0 Å². The Morgan fingerprint density at radius 1 is 1.00 bits per heavy atom. The molecule has 0 bridgehead atoms. The van der Waals surface area contributed by atoms with Gasteiger partial charge in [0.1, 0.15) is 0 Å². The summed E-state index contributed by atoms with van der Waals surface area (Å²) < 4.78 is 22.1. The largest absolute Gasteiger partial charge is 0.220 e. The van der Waals surface area contributed by atoms with Crippen molar-refractivity contribution in [1.29, 1.82) is 0 Å². The fraction of sp³-hybridized carbons (Fsp3) is 0. The van der Waals surface area contributed by atoms with Gasteiger partial charge in [-0.3, -0.25) is 0 Å². The van der Waals surface area contributed by atoms with Crippen LogP contribution in [0.15, 0.2) is 47.2 Å². The summed E-state index contributed by atoms with van der Waals surface area (Å²) in [6.07, 6.45) is 1.62. The van der Waals surface area contributed by atoms with Crippen molar-refractivity contribution >= 4 is 15.4 Å². The summed E-state index contributed by atoms with van der Waals surface area (Å²) in [7, 11) is -3.09. The Bertz CT molecular complexity index is 467. The minimum absolute atomic E-state index is 0.751. The molecule has 0 amide bonds. The van der Waals surface area contributed by atoms with Gasteiger partial charge in [-0.05, 0) is 17.2 Å². The highest BCUT2D eigenvalue weighted by Crippen LogP contribution is 2.22. The summed E-state index contributed by atoms with van der Waals surface area (Å²) in [5.74, 6) is 0. The molecule has 0 radical (unpaired) electrons. The van der Waals surface area contributed by atoms with Crippen LogP contribution in [0.25, 0.3) is 5.57 Å². The molecule has 3 heteroatoms. The molecular weight excluding hydrogens is 184 g/mol. The van der Waals surface area contributed by atoms with Crippen LogP contribution in [0.2, 0.25) is 0 Å². The number of hydrogen-bond donors (Lipinski definition) is 0. The van der Waals surface area contributed by atoms with E-state index in [0.29, 0.717) is 0 Å². The van der Waals surface area contributed by atoms with Crippen LogP contribution < -0.4 is 0 Å².